The van der Waals surface area contributed by atoms with Crippen LogP contribution in [0.25, 0.3) is 0 Å². The summed E-state index contributed by atoms with van der Waals surface area (Å²) in [5, 5.41) is -0.476. The Kier molecular flexibility index (Phi) is 3.77. The van der Waals surface area contributed by atoms with Gasteiger partial charge in [0.15, 0.2) is 17.9 Å². The third-order valence-corrected chi connectivity index (χ3v) is 3.49. The second kappa shape index (κ2) is 4.57. The number of hydrogen-bond acceptors (Lipinski definition) is 4. The summed E-state index contributed by atoms with van der Waals surface area (Å²) in [4.78, 5) is 9.66. The number of carbonyl (C=O) groups excluding carboxylic acids is 1. The van der Waals surface area contributed by atoms with Crippen LogP contribution in [-0.2, 0) is 9.05 Å². The van der Waals surface area contributed by atoms with Crippen molar-refractivity contribution >= 4 is 37.6 Å². The van der Waals surface area contributed by atoms with Gasteiger partial charge >= 0.3 is 0 Å². The Morgan fingerprint density at radius 1 is 1.50 bits per heavy atom. The Bertz CT molecular complexity index is 541. The van der Waals surface area contributed by atoms with Crippen molar-refractivity contribution in [3.05, 3.63) is 22.5 Å². The van der Waals surface area contributed by atoms with Crippen LogP contribution in [0.5, 0.6) is 5.75 Å². The molecule has 0 amide bonds. The molecular formula is C8H5Cl2FO4S. The second-order valence-electron chi connectivity index (χ2n) is 2.68. The van der Waals surface area contributed by atoms with Crippen LogP contribution in [0.3, 0.4) is 0 Å². The normalized spacial score (nSPS) is 11.2. The molecule has 0 aromatic heterocycles. The van der Waals surface area contributed by atoms with Crippen molar-refractivity contribution in [1.29, 1.82) is 0 Å². The summed E-state index contributed by atoms with van der Waals surface area (Å²) >= 11 is 5.51. The molecule has 4 nitrogen and oxygen atoms in total. The lowest BCUT2D eigenvalue weighted by Crippen LogP contribution is -2.03. The quantitative estimate of drug-likeness (QED) is 0.631. The van der Waals surface area contributed by atoms with Gasteiger partial charge in [0.1, 0.15) is 4.90 Å². The molecular weight excluding hydrogens is 282 g/mol. The van der Waals surface area contributed by atoms with Crippen LogP contribution >= 0.6 is 22.3 Å². The zero-order valence-electron chi connectivity index (χ0n) is 7.83. The molecule has 0 aliphatic carbocycles. The molecule has 88 valence electrons. The van der Waals surface area contributed by atoms with Crippen molar-refractivity contribution in [1.82, 2.24) is 0 Å². The minimum Gasteiger partial charge on any atom is -0.493 e. The van der Waals surface area contributed by atoms with Crippen molar-refractivity contribution in [3.8, 4) is 5.75 Å². The minimum atomic E-state index is -4.35. The number of halogens is 3. The predicted molar refractivity (Wildman–Crippen MR) is 56.4 cm³/mol. The molecule has 16 heavy (non-hydrogen) atoms. The van der Waals surface area contributed by atoms with E-state index in [1.165, 1.54) is 0 Å². The highest BCUT2D eigenvalue weighted by Gasteiger charge is 2.26. The van der Waals surface area contributed by atoms with Crippen molar-refractivity contribution < 1.29 is 22.3 Å². The van der Waals surface area contributed by atoms with E-state index in [1.807, 2.05) is 0 Å². The van der Waals surface area contributed by atoms with E-state index in [-0.39, 0.29) is 5.56 Å². The SMILES string of the molecule is COc1c(C=O)cc(Cl)c(S(=O)(=O)Cl)c1F. The maximum atomic E-state index is 13.6. The Hall–Kier alpha value is -0.850. The van der Waals surface area contributed by atoms with E-state index >= 15 is 0 Å². The molecule has 0 aliphatic rings. The van der Waals surface area contributed by atoms with Gasteiger partial charge in [-0.25, -0.2) is 12.8 Å². The van der Waals surface area contributed by atoms with E-state index in [2.05, 4.69) is 4.74 Å². The first-order chi connectivity index (χ1) is 7.32. The average Bonchev–Trinajstić information content (AvgIpc) is 2.14. The van der Waals surface area contributed by atoms with Gasteiger partial charge in [-0.2, -0.15) is 0 Å². The second-order valence-corrected chi connectivity index (χ2v) is 5.59. The first kappa shape index (κ1) is 13.2. The van der Waals surface area contributed by atoms with Gasteiger partial charge in [0, 0.05) is 10.7 Å². The molecule has 0 N–H and O–H groups in total. The highest BCUT2D eigenvalue weighted by Crippen LogP contribution is 2.35. The molecule has 1 aromatic rings. The maximum absolute atomic E-state index is 13.6. The van der Waals surface area contributed by atoms with E-state index < -0.39 is 30.5 Å². The standard InChI is InChI=1S/C8H5Cl2FO4S/c1-15-7-4(3-12)2-5(9)8(6(7)11)16(10,13)14/h2-3H,1H3. The van der Waals surface area contributed by atoms with Crippen molar-refractivity contribution in [3.63, 3.8) is 0 Å². The van der Waals surface area contributed by atoms with E-state index in [0.717, 1.165) is 13.2 Å². The van der Waals surface area contributed by atoms with Crippen molar-refractivity contribution in [2.24, 2.45) is 0 Å². The van der Waals surface area contributed by atoms with Gasteiger partial charge in [-0.05, 0) is 6.07 Å². The lowest BCUT2D eigenvalue weighted by Gasteiger charge is -2.09. The number of methoxy groups -OCH3 is 1. The summed E-state index contributed by atoms with van der Waals surface area (Å²) < 4.78 is 40.3. The van der Waals surface area contributed by atoms with Crippen LogP contribution < -0.4 is 4.74 Å². The number of aldehydes is 1. The molecule has 8 heteroatoms. The first-order valence-corrected chi connectivity index (χ1v) is 6.47. The highest BCUT2D eigenvalue weighted by molar-refractivity contribution is 8.13. The minimum absolute atomic E-state index is 0.200. The van der Waals surface area contributed by atoms with Gasteiger partial charge in [-0.1, -0.05) is 11.6 Å². The molecule has 1 aromatic carbocycles. The molecule has 0 heterocycles. The number of rotatable bonds is 3. The van der Waals surface area contributed by atoms with Crippen LogP contribution in [0.4, 0.5) is 4.39 Å². The van der Waals surface area contributed by atoms with Crippen molar-refractivity contribution in [2.75, 3.05) is 7.11 Å². The molecule has 0 radical (unpaired) electrons. The monoisotopic (exact) mass is 286 g/mol. The molecule has 1 rings (SSSR count). The largest absolute Gasteiger partial charge is 0.493 e. The van der Waals surface area contributed by atoms with Crippen LogP contribution in [0, 0.1) is 5.82 Å². The third-order valence-electron chi connectivity index (χ3n) is 1.73. The average molecular weight is 287 g/mol. The Labute approximate surface area is 100 Å². The third kappa shape index (κ3) is 2.28. The van der Waals surface area contributed by atoms with E-state index in [4.69, 9.17) is 22.3 Å². The van der Waals surface area contributed by atoms with Gasteiger partial charge < -0.3 is 4.74 Å². The Balaban J connectivity index is 3.74. The maximum Gasteiger partial charge on any atom is 0.265 e. The van der Waals surface area contributed by atoms with Gasteiger partial charge in [-0.15, -0.1) is 0 Å². The highest BCUT2D eigenvalue weighted by atomic mass is 35.7. The Morgan fingerprint density at radius 3 is 2.44 bits per heavy atom. The van der Waals surface area contributed by atoms with Crippen molar-refractivity contribution in [2.45, 2.75) is 4.90 Å². The fraction of sp³-hybridized carbons (Fsp3) is 0.125. The smallest absolute Gasteiger partial charge is 0.265 e. The summed E-state index contributed by atoms with van der Waals surface area (Å²) in [6.45, 7) is 0. The fourth-order valence-corrected chi connectivity index (χ4v) is 2.80. The van der Waals surface area contributed by atoms with Gasteiger partial charge in [-0.3, -0.25) is 4.79 Å². The topological polar surface area (TPSA) is 60.4 Å². The summed E-state index contributed by atoms with van der Waals surface area (Å²) in [5.41, 5.74) is -0.200. The van der Waals surface area contributed by atoms with Gasteiger partial charge in [0.05, 0.1) is 17.7 Å². The van der Waals surface area contributed by atoms with E-state index in [9.17, 15) is 17.6 Å². The fourth-order valence-electron chi connectivity index (χ4n) is 1.12. The number of hydrogen-bond donors (Lipinski definition) is 0. The lowest BCUT2D eigenvalue weighted by molar-refractivity contribution is 0.111. The summed E-state index contributed by atoms with van der Waals surface area (Å²) in [5.74, 6) is -1.80. The number of carbonyl (C=O) groups is 1. The van der Waals surface area contributed by atoms with E-state index in [1.54, 1.807) is 0 Å². The van der Waals surface area contributed by atoms with Crippen LogP contribution in [-0.4, -0.2) is 21.8 Å². The molecule has 0 saturated heterocycles. The molecule has 0 bridgehead atoms. The van der Waals surface area contributed by atoms with Crippen LogP contribution in [0.2, 0.25) is 5.02 Å². The zero-order chi connectivity index (χ0) is 12.5. The molecule has 0 aliphatic heterocycles. The van der Waals surface area contributed by atoms with Crippen LogP contribution in [0.1, 0.15) is 10.4 Å². The molecule has 0 fully saturated rings. The summed E-state index contributed by atoms with van der Waals surface area (Å²) in [7, 11) is 1.73. The lowest BCUT2D eigenvalue weighted by atomic mass is 10.2. The Morgan fingerprint density at radius 2 is 2.06 bits per heavy atom. The molecule has 0 unspecified atom stereocenters. The first-order valence-electron chi connectivity index (χ1n) is 3.78. The molecule has 0 saturated carbocycles. The van der Waals surface area contributed by atoms with Gasteiger partial charge in [0.2, 0.25) is 0 Å². The van der Waals surface area contributed by atoms with Gasteiger partial charge in [0.25, 0.3) is 9.05 Å². The molecule has 0 spiro atoms. The zero-order valence-corrected chi connectivity index (χ0v) is 10.2. The number of benzene rings is 1. The van der Waals surface area contributed by atoms with Crippen LogP contribution in [0.15, 0.2) is 11.0 Å². The predicted octanol–water partition coefficient (Wildman–Crippen LogP) is 2.23. The molecule has 0 atom stereocenters. The number of ether oxygens (including phenoxy) is 1. The summed E-state index contributed by atoms with van der Waals surface area (Å²) in [6, 6.07) is 0.964. The van der Waals surface area contributed by atoms with E-state index in [0.29, 0.717) is 6.29 Å². The summed E-state index contributed by atoms with van der Waals surface area (Å²) in [6.07, 6.45) is 0.290.